The molecule has 0 aromatic heterocycles. The summed E-state index contributed by atoms with van der Waals surface area (Å²) in [4.78, 5) is 11.2. The van der Waals surface area contributed by atoms with Gasteiger partial charge in [0.1, 0.15) is 5.78 Å². The van der Waals surface area contributed by atoms with Crippen molar-refractivity contribution in [2.24, 2.45) is 0 Å². The van der Waals surface area contributed by atoms with Crippen molar-refractivity contribution in [1.82, 2.24) is 5.32 Å². The van der Waals surface area contributed by atoms with Crippen molar-refractivity contribution < 1.29 is 18.0 Å². The van der Waals surface area contributed by atoms with Crippen LogP contribution in [0.2, 0.25) is 0 Å². The summed E-state index contributed by atoms with van der Waals surface area (Å²) >= 11 is 0. The maximum Gasteiger partial charge on any atom is 0.416 e. The summed E-state index contributed by atoms with van der Waals surface area (Å²) in [5.41, 5.74) is 0.739. The number of ketones is 1. The molecule has 1 saturated heterocycles. The predicted octanol–water partition coefficient (Wildman–Crippen LogP) is 3.00. The topological polar surface area (TPSA) is 29.1 Å². The van der Waals surface area contributed by atoms with E-state index in [0.29, 0.717) is 24.9 Å². The Balaban J connectivity index is 2.15. The molecule has 0 saturated carbocycles. The minimum Gasteiger partial charge on any atom is -0.388 e. The van der Waals surface area contributed by atoms with Gasteiger partial charge in [0.2, 0.25) is 0 Å². The Bertz CT molecular complexity index is 474. The highest BCUT2D eigenvalue weighted by Gasteiger charge is 2.29. The van der Waals surface area contributed by atoms with E-state index in [2.05, 4.69) is 5.32 Å². The van der Waals surface area contributed by atoms with Gasteiger partial charge in [0, 0.05) is 25.1 Å². The number of hydrogen-bond donors (Lipinski definition) is 1. The van der Waals surface area contributed by atoms with E-state index in [1.165, 1.54) is 12.1 Å². The minimum absolute atomic E-state index is 0.145. The average Bonchev–Trinajstić information content (AvgIpc) is 2.28. The quantitative estimate of drug-likeness (QED) is 0.835. The SMILES string of the molecule is O=C1CCNC(=Cc2ccc(C(F)(F)F)cc2)C1. The number of carbonyl (C=O) groups is 1. The van der Waals surface area contributed by atoms with Crippen LogP contribution in [0, 0.1) is 0 Å². The van der Waals surface area contributed by atoms with Crippen LogP contribution in [0.5, 0.6) is 0 Å². The molecule has 1 N–H and O–H groups in total. The van der Waals surface area contributed by atoms with Crippen molar-refractivity contribution in [2.45, 2.75) is 19.0 Å². The first-order valence-electron chi connectivity index (χ1n) is 5.58. The van der Waals surface area contributed by atoms with Crippen LogP contribution >= 0.6 is 0 Å². The zero-order valence-electron chi connectivity index (χ0n) is 9.55. The van der Waals surface area contributed by atoms with Crippen LogP contribution < -0.4 is 5.32 Å². The molecule has 0 aliphatic carbocycles. The molecule has 0 radical (unpaired) electrons. The normalized spacial score (nSPS) is 18.8. The third-order valence-corrected chi connectivity index (χ3v) is 2.72. The fourth-order valence-corrected chi connectivity index (χ4v) is 1.80. The van der Waals surface area contributed by atoms with Gasteiger partial charge in [-0.05, 0) is 23.8 Å². The van der Waals surface area contributed by atoms with Gasteiger partial charge >= 0.3 is 6.18 Å². The Morgan fingerprint density at radius 2 is 1.83 bits per heavy atom. The second kappa shape index (κ2) is 4.84. The van der Waals surface area contributed by atoms with Crippen LogP contribution in [0.3, 0.4) is 0 Å². The molecule has 2 nitrogen and oxygen atoms in total. The van der Waals surface area contributed by atoms with Gasteiger partial charge in [-0.1, -0.05) is 12.1 Å². The van der Waals surface area contributed by atoms with Crippen LogP contribution in [-0.2, 0) is 11.0 Å². The molecule has 96 valence electrons. The van der Waals surface area contributed by atoms with E-state index in [-0.39, 0.29) is 5.78 Å². The lowest BCUT2D eigenvalue weighted by Crippen LogP contribution is -2.25. The van der Waals surface area contributed by atoms with E-state index in [1.54, 1.807) is 6.08 Å². The van der Waals surface area contributed by atoms with E-state index in [9.17, 15) is 18.0 Å². The number of halogens is 3. The lowest BCUT2D eigenvalue weighted by Gasteiger charge is -2.15. The van der Waals surface area contributed by atoms with Gasteiger partial charge in [-0.25, -0.2) is 0 Å². The molecule has 1 fully saturated rings. The fourth-order valence-electron chi connectivity index (χ4n) is 1.80. The minimum atomic E-state index is -4.31. The molecule has 0 atom stereocenters. The summed E-state index contributed by atoms with van der Waals surface area (Å²) in [5, 5.41) is 3.06. The molecule has 18 heavy (non-hydrogen) atoms. The number of piperidine rings is 1. The smallest absolute Gasteiger partial charge is 0.388 e. The van der Waals surface area contributed by atoms with Crippen molar-refractivity contribution in [3.05, 3.63) is 41.1 Å². The van der Waals surface area contributed by atoms with Crippen LogP contribution in [-0.4, -0.2) is 12.3 Å². The van der Waals surface area contributed by atoms with E-state index in [4.69, 9.17) is 0 Å². The maximum absolute atomic E-state index is 12.4. The van der Waals surface area contributed by atoms with Crippen LogP contribution in [0.25, 0.3) is 6.08 Å². The van der Waals surface area contributed by atoms with E-state index >= 15 is 0 Å². The third kappa shape index (κ3) is 3.12. The molecule has 0 spiro atoms. The first-order valence-corrected chi connectivity index (χ1v) is 5.58. The summed E-state index contributed by atoms with van der Waals surface area (Å²) in [5.74, 6) is 0.145. The molecule has 1 heterocycles. The van der Waals surface area contributed by atoms with Crippen LogP contribution in [0.15, 0.2) is 30.0 Å². The van der Waals surface area contributed by atoms with Gasteiger partial charge in [-0.3, -0.25) is 4.79 Å². The predicted molar refractivity (Wildman–Crippen MR) is 61.7 cm³/mol. The molecule has 0 unspecified atom stereocenters. The Labute approximate surface area is 102 Å². The van der Waals surface area contributed by atoms with Gasteiger partial charge in [-0.2, -0.15) is 13.2 Å². The lowest BCUT2D eigenvalue weighted by molar-refractivity contribution is -0.137. The lowest BCUT2D eigenvalue weighted by atomic mass is 10.0. The molecule has 1 aromatic carbocycles. The number of hydrogen-bond acceptors (Lipinski definition) is 2. The summed E-state index contributed by atoms with van der Waals surface area (Å²) < 4.78 is 37.1. The van der Waals surface area contributed by atoms with Crippen molar-refractivity contribution >= 4 is 11.9 Å². The van der Waals surface area contributed by atoms with Crippen LogP contribution in [0.1, 0.15) is 24.0 Å². The largest absolute Gasteiger partial charge is 0.416 e. The second-order valence-electron chi connectivity index (χ2n) is 4.18. The van der Waals surface area contributed by atoms with Crippen molar-refractivity contribution in [3.63, 3.8) is 0 Å². The molecule has 2 rings (SSSR count). The van der Waals surface area contributed by atoms with E-state index in [1.807, 2.05) is 0 Å². The Hall–Kier alpha value is -1.78. The highest BCUT2D eigenvalue weighted by atomic mass is 19.4. The standard InChI is InChI=1S/C13H12F3NO/c14-13(15,16)10-3-1-9(2-4-10)7-11-8-12(18)5-6-17-11/h1-4,7,17H,5-6,8H2. The van der Waals surface area contributed by atoms with Gasteiger partial charge in [-0.15, -0.1) is 0 Å². The molecule has 1 aliphatic heterocycles. The average molecular weight is 255 g/mol. The van der Waals surface area contributed by atoms with Crippen molar-refractivity contribution in [1.29, 1.82) is 0 Å². The zero-order chi connectivity index (χ0) is 13.2. The zero-order valence-corrected chi connectivity index (χ0v) is 9.55. The van der Waals surface area contributed by atoms with Crippen molar-refractivity contribution in [2.75, 3.05) is 6.54 Å². The number of carbonyl (C=O) groups excluding carboxylic acids is 1. The van der Waals surface area contributed by atoms with Crippen molar-refractivity contribution in [3.8, 4) is 0 Å². The van der Waals surface area contributed by atoms with Crippen LogP contribution in [0.4, 0.5) is 13.2 Å². The number of Topliss-reactive ketones (excluding diaryl/α,β-unsaturated/α-hetero) is 1. The first kappa shape index (κ1) is 12.7. The summed E-state index contributed by atoms with van der Waals surface area (Å²) in [7, 11) is 0. The Morgan fingerprint density at radius 3 is 2.39 bits per heavy atom. The Morgan fingerprint density at radius 1 is 1.17 bits per heavy atom. The molecule has 1 aliphatic rings. The number of nitrogens with one attached hydrogen (secondary N) is 1. The number of alkyl halides is 3. The third-order valence-electron chi connectivity index (χ3n) is 2.72. The summed E-state index contributed by atoms with van der Waals surface area (Å²) in [6, 6.07) is 4.88. The highest BCUT2D eigenvalue weighted by Crippen LogP contribution is 2.29. The molecule has 0 bridgehead atoms. The van der Waals surface area contributed by atoms with Gasteiger partial charge in [0.25, 0.3) is 0 Å². The number of benzene rings is 1. The summed E-state index contributed by atoms with van der Waals surface area (Å²) in [6.07, 6.45) is -1.78. The second-order valence-corrected chi connectivity index (χ2v) is 4.18. The molecule has 0 amide bonds. The summed E-state index contributed by atoms with van der Waals surface area (Å²) in [6.45, 7) is 0.589. The number of allylic oxidation sites excluding steroid dienone is 1. The first-order chi connectivity index (χ1) is 8.45. The van der Waals surface area contributed by atoms with E-state index in [0.717, 1.165) is 17.8 Å². The monoisotopic (exact) mass is 255 g/mol. The Kier molecular flexibility index (Phi) is 3.41. The maximum atomic E-state index is 12.4. The van der Waals surface area contributed by atoms with Gasteiger partial charge in [0.05, 0.1) is 5.56 Å². The van der Waals surface area contributed by atoms with E-state index < -0.39 is 11.7 Å². The number of rotatable bonds is 1. The van der Waals surface area contributed by atoms with Gasteiger partial charge < -0.3 is 5.32 Å². The fraction of sp³-hybridized carbons (Fsp3) is 0.308. The molecule has 1 aromatic rings. The molecular formula is C13H12F3NO. The molecule has 5 heteroatoms. The van der Waals surface area contributed by atoms with Gasteiger partial charge in [0.15, 0.2) is 0 Å². The highest BCUT2D eigenvalue weighted by molar-refractivity contribution is 5.83. The molecular weight excluding hydrogens is 243 g/mol.